The fraction of sp³-hybridized carbons (Fsp3) is 0.478. The monoisotopic (exact) mass is 463 g/mol. The van der Waals surface area contributed by atoms with Gasteiger partial charge in [-0.15, -0.1) is 0 Å². The van der Waals surface area contributed by atoms with Gasteiger partial charge in [-0.3, -0.25) is 9.62 Å². The van der Waals surface area contributed by atoms with Gasteiger partial charge >= 0.3 is 0 Å². The lowest BCUT2D eigenvalue weighted by Crippen LogP contribution is -2.49. The smallest absolute Gasteiger partial charge is 0.229 e. The summed E-state index contributed by atoms with van der Waals surface area (Å²) in [7, 11) is -1.58. The highest BCUT2D eigenvalue weighted by Crippen LogP contribution is 2.20. The number of benzene rings is 2. The number of hydrogen-bond donors (Lipinski definition) is 2. The third kappa shape index (κ3) is 7.98. The first-order valence-corrected chi connectivity index (χ1v) is 12.7. The first-order valence-electron chi connectivity index (χ1n) is 10.8. The molecule has 0 aliphatic carbocycles. The van der Waals surface area contributed by atoms with E-state index in [1.165, 1.54) is 5.56 Å². The summed E-state index contributed by atoms with van der Waals surface area (Å²) in [5, 5.41) is 10.4. The maximum Gasteiger partial charge on any atom is 0.229 e. The quantitative estimate of drug-likeness (QED) is 0.525. The van der Waals surface area contributed by atoms with Crippen LogP contribution in [-0.4, -0.2) is 83.8 Å². The highest BCUT2D eigenvalue weighted by atomic mass is 32.2. The van der Waals surface area contributed by atoms with Crippen LogP contribution in [0.15, 0.2) is 48.5 Å². The van der Waals surface area contributed by atoms with Crippen molar-refractivity contribution in [2.45, 2.75) is 12.5 Å². The lowest BCUT2D eigenvalue weighted by molar-refractivity contribution is 0.0663. The second-order valence-corrected chi connectivity index (χ2v) is 9.81. The van der Waals surface area contributed by atoms with Gasteiger partial charge in [0, 0.05) is 51.2 Å². The maximum atomic E-state index is 11.3. The van der Waals surface area contributed by atoms with Gasteiger partial charge in [-0.25, -0.2) is 8.42 Å². The molecule has 0 saturated carbocycles. The van der Waals surface area contributed by atoms with E-state index < -0.39 is 16.1 Å². The topological polar surface area (TPSA) is 91.3 Å². The number of rotatable bonds is 11. The molecule has 2 aromatic carbocycles. The Hall–Kier alpha value is -2.33. The molecule has 32 heavy (non-hydrogen) atoms. The molecule has 2 N–H and O–H groups in total. The number of piperazine rings is 1. The van der Waals surface area contributed by atoms with E-state index in [0.717, 1.165) is 50.3 Å². The summed E-state index contributed by atoms with van der Waals surface area (Å²) in [4.78, 5) is 4.49. The Bertz CT molecular complexity index is 927. The summed E-state index contributed by atoms with van der Waals surface area (Å²) in [6, 6.07) is 15.3. The molecule has 1 unspecified atom stereocenters. The van der Waals surface area contributed by atoms with Crippen molar-refractivity contribution in [2.75, 3.05) is 68.9 Å². The third-order valence-corrected chi connectivity index (χ3v) is 5.94. The number of ether oxygens (including phenoxy) is 2. The number of methoxy groups -OCH3 is 1. The summed E-state index contributed by atoms with van der Waals surface area (Å²) >= 11 is 0. The van der Waals surface area contributed by atoms with Crippen molar-refractivity contribution < 1.29 is 23.0 Å². The van der Waals surface area contributed by atoms with Crippen LogP contribution in [0.1, 0.15) is 5.56 Å². The van der Waals surface area contributed by atoms with E-state index in [2.05, 4.69) is 14.5 Å². The van der Waals surface area contributed by atoms with E-state index in [-0.39, 0.29) is 6.61 Å². The zero-order valence-electron chi connectivity index (χ0n) is 18.7. The van der Waals surface area contributed by atoms with Crippen molar-refractivity contribution in [3.63, 3.8) is 0 Å². The second-order valence-electron chi connectivity index (χ2n) is 8.06. The number of hydrogen-bond acceptors (Lipinski definition) is 7. The van der Waals surface area contributed by atoms with Crippen LogP contribution in [-0.2, 0) is 21.2 Å². The van der Waals surface area contributed by atoms with Crippen LogP contribution >= 0.6 is 0 Å². The van der Waals surface area contributed by atoms with Gasteiger partial charge in [-0.2, -0.15) is 0 Å². The number of nitrogens with zero attached hydrogens (tertiary/aromatic N) is 2. The molecule has 9 heteroatoms. The van der Waals surface area contributed by atoms with E-state index in [0.29, 0.717) is 18.8 Å². The minimum atomic E-state index is -3.27. The van der Waals surface area contributed by atoms with Gasteiger partial charge in [0.05, 0.1) is 12.9 Å². The van der Waals surface area contributed by atoms with Gasteiger partial charge in [0.1, 0.15) is 18.5 Å². The Morgan fingerprint density at radius 3 is 2.28 bits per heavy atom. The molecule has 1 atom stereocenters. The van der Waals surface area contributed by atoms with E-state index in [4.69, 9.17) is 9.47 Å². The number of sulfonamides is 1. The standard InChI is InChI=1S/C23H33N3O5S/c1-30-16-11-19-3-9-23(10-4-19)31-18-22(27)17-25-12-14-26(15-13-25)21-7-5-20(6-8-21)24-32(2,28)29/h3-10,22,24,27H,11-18H2,1-2H3. The van der Waals surface area contributed by atoms with Gasteiger partial charge in [0.15, 0.2) is 0 Å². The van der Waals surface area contributed by atoms with Gasteiger partial charge in [-0.1, -0.05) is 12.1 Å². The number of β-amino-alcohol motifs (C(OH)–C–C–N with tert-alkyl or cyclic N) is 1. The van der Waals surface area contributed by atoms with E-state index in [1.807, 2.05) is 36.4 Å². The molecule has 3 rings (SSSR count). The summed E-state index contributed by atoms with van der Waals surface area (Å²) in [5.74, 6) is 0.754. The molecule has 0 amide bonds. The molecule has 1 aliphatic heterocycles. The lowest BCUT2D eigenvalue weighted by Gasteiger charge is -2.36. The molecule has 0 aromatic heterocycles. The molecule has 0 spiro atoms. The third-order valence-electron chi connectivity index (χ3n) is 5.34. The van der Waals surface area contributed by atoms with Gasteiger partial charge in [0.2, 0.25) is 10.0 Å². The van der Waals surface area contributed by atoms with E-state index in [1.54, 1.807) is 19.2 Å². The van der Waals surface area contributed by atoms with Crippen molar-refractivity contribution in [3.05, 3.63) is 54.1 Å². The summed E-state index contributed by atoms with van der Waals surface area (Å²) in [6.07, 6.45) is 1.45. The molecule has 0 radical (unpaired) electrons. The first-order chi connectivity index (χ1) is 15.3. The predicted octanol–water partition coefficient (Wildman–Crippen LogP) is 1.81. The fourth-order valence-corrected chi connectivity index (χ4v) is 4.22. The highest BCUT2D eigenvalue weighted by molar-refractivity contribution is 7.92. The maximum absolute atomic E-state index is 11.3. The Morgan fingerprint density at radius 1 is 1.03 bits per heavy atom. The lowest BCUT2D eigenvalue weighted by atomic mass is 10.1. The average molecular weight is 464 g/mol. The zero-order valence-corrected chi connectivity index (χ0v) is 19.6. The summed E-state index contributed by atoms with van der Waals surface area (Å²) in [6.45, 7) is 4.88. The van der Waals surface area contributed by atoms with Crippen LogP contribution in [0.5, 0.6) is 5.75 Å². The average Bonchev–Trinajstić information content (AvgIpc) is 2.77. The molecule has 176 valence electrons. The Kier molecular flexibility index (Phi) is 8.75. The number of aliphatic hydroxyl groups excluding tert-OH is 1. The Morgan fingerprint density at radius 2 is 1.69 bits per heavy atom. The summed E-state index contributed by atoms with van der Waals surface area (Å²) < 4.78 is 35.9. The molecule has 1 saturated heterocycles. The van der Waals surface area contributed by atoms with Crippen LogP contribution in [0.25, 0.3) is 0 Å². The van der Waals surface area contributed by atoms with Crippen molar-refractivity contribution in [2.24, 2.45) is 0 Å². The molecule has 1 fully saturated rings. The van der Waals surface area contributed by atoms with Crippen LogP contribution in [0.3, 0.4) is 0 Å². The summed E-state index contributed by atoms with van der Waals surface area (Å²) in [5.41, 5.74) is 2.81. The first kappa shape index (κ1) is 24.3. The van der Waals surface area contributed by atoms with Gasteiger partial charge in [-0.05, 0) is 48.4 Å². The van der Waals surface area contributed by atoms with Crippen LogP contribution in [0.4, 0.5) is 11.4 Å². The minimum Gasteiger partial charge on any atom is -0.491 e. The number of anilines is 2. The minimum absolute atomic E-state index is 0.256. The van der Waals surface area contributed by atoms with Crippen molar-refractivity contribution in [3.8, 4) is 5.75 Å². The largest absolute Gasteiger partial charge is 0.491 e. The van der Waals surface area contributed by atoms with Crippen LogP contribution in [0.2, 0.25) is 0 Å². The molecule has 8 nitrogen and oxygen atoms in total. The number of aliphatic hydroxyl groups is 1. The Labute approximate surface area is 190 Å². The van der Waals surface area contributed by atoms with Gasteiger partial charge < -0.3 is 19.5 Å². The number of nitrogens with one attached hydrogen (secondary N) is 1. The highest BCUT2D eigenvalue weighted by Gasteiger charge is 2.20. The second kappa shape index (κ2) is 11.5. The fourth-order valence-electron chi connectivity index (χ4n) is 3.66. The van der Waals surface area contributed by atoms with Crippen molar-refractivity contribution in [1.82, 2.24) is 4.90 Å². The van der Waals surface area contributed by atoms with Crippen molar-refractivity contribution >= 4 is 21.4 Å². The molecule has 1 aliphatic rings. The van der Waals surface area contributed by atoms with E-state index >= 15 is 0 Å². The predicted molar refractivity (Wildman–Crippen MR) is 127 cm³/mol. The molecule has 2 aromatic rings. The SMILES string of the molecule is COCCc1ccc(OCC(O)CN2CCN(c3ccc(NS(C)(=O)=O)cc3)CC2)cc1. The molecular weight excluding hydrogens is 430 g/mol. The molecule has 0 bridgehead atoms. The van der Waals surface area contributed by atoms with E-state index in [9.17, 15) is 13.5 Å². The van der Waals surface area contributed by atoms with Gasteiger partial charge in [0.25, 0.3) is 0 Å². The van der Waals surface area contributed by atoms with Crippen molar-refractivity contribution in [1.29, 1.82) is 0 Å². The Balaban J connectivity index is 1.38. The van der Waals surface area contributed by atoms with Crippen LogP contribution in [0, 0.1) is 0 Å². The van der Waals surface area contributed by atoms with Crippen LogP contribution < -0.4 is 14.4 Å². The normalized spacial score (nSPS) is 16.0. The molecular formula is C23H33N3O5S. The molecule has 1 heterocycles. The zero-order chi connectivity index (χ0) is 23.0.